The molecule has 0 bridgehead atoms. The number of nitrogens with one attached hydrogen (secondary N) is 1. The lowest BCUT2D eigenvalue weighted by Crippen LogP contribution is -2.13. The standard InChI is InChI=1S/C27H25IN2O3/c1-17-5-7-23(8-6-17)30-27(31)22(15-29)12-20-13-24(28)26(25(14-20)32-4)33-16-21-10-18(2)9-19(3)11-21/h5-14H,16H2,1-4H3,(H,30,31)/b22-12+. The molecule has 0 heterocycles. The zero-order valence-electron chi connectivity index (χ0n) is 19.0. The predicted molar refractivity (Wildman–Crippen MR) is 139 cm³/mol. The lowest BCUT2D eigenvalue weighted by molar-refractivity contribution is -0.112. The molecule has 3 aromatic carbocycles. The highest BCUT2D eigenvalue weighted by Gasteiger charge is 2.14. The molecule has 0 aliphatic rings. The van der Waals surface area contributed by atoms with Crippen molar-refractivity contribution in [2.24, 2.45) is 0 Å². The maximum Gasteiger partial charge on any atom is 0.266 e. The summed E-state index contributed by atoms with van der Waals surface area (Å²) in [7, 11) is 1.57. The number of nitrogens with zero attached hydrogens (tertiary/aromatic N) is 1. The Hall–Kier alpha value is -3.31. The third kappa shape index (κ3) is 6.59. The minimum absolute atomic E-state index is 0.00247. The second-order valence-corrected chi connectivity index (χ2v) is 8.97. The Morgan fingerprint density at radius 1 is 1.03 bits per heavy atom. The highest BCUT2D eigenvalue weighted by atomic mass is 127. The van der Waals surface area contributed by atoms with Crippen molar-refractivity contribution in [1.82, 2.24) is 0 Å². The molecule has 0 saturated heterocycles. The number of methoxy groups -OCH3 is 1. The zero-order chi connectivity index (χ0) is 24.0. The van der Waals surface area contributed by atoms with Crippen LogP contribution in [0.3, 0.4) is 0 Å². The number of carbonyl (C=O) groups excluding carboxylic acids is 1. The summed E-state index contributed by atoms with van der Waals surface area (Å²) in [6, 6.07) is 19.3. The summed E-state index contributed by atoms with van der Waals surface area (Å²) in [5.74, 6) is 0.691. The molecule has 1 amide bonds. The Kier molecular flexibility index (Phi) is 8.12. The minimum atomic E-state index is -0.467. The Morgan fingerprint density at radius 2 is 1.70 bits per heavy atom. The van der Waals surface area contributed by atoms with Gasteiger partial charge in [-0.1, -0.05) is 47.0 Å². The second-order valence-electron chi connectivity index (χ2n) is 7.81. The summed E-state index contributed by atoms with van der Waals surface area (Å²) >= 11 is 2.17. The van der Waals surface area contributed by atoms with Crippen LogP contribution in [-0.2, 0) is 11.4 Å². The van der Waals surface area contributed by atoms with Gasteiger partial charge in [0.05, 0.1) is 10.7 Å². The molecule has 0 unspecified atom stereocenters. The summed E-state index contributed by atoms with van der Waals surface area (Å²) in [6.45, 7) is 6.50. The summed E-state index contributed by atoms with van der Waals surface area (Å²) in [5.41, 5.74) is 5.84. The molecule has 3 rings (SSSR count). The summed E-state index contributed by atoms with van der Waals surface area (Å²) in [5, 5.41) is 12.3. The van der Waals surface area contributed by atoms with Crippen LogP contribution >= 0.6 is 22.6 Å². The quantitative estimate of drug-likeness (QED) is 0.211. The van der Waals surface area contributed by atoms with Crippen molar-refractivity contribution in [3.8, 4) is 17.6 Å². The van der Waals surface area contributed by atoms with Gasteiger partial charge in [-0.15, -0.1) is 0 Å². The monoisotopic (exact) mass is 552 g/mol. The van der Waals surface area contributed by atoms with Crippen LogP contribution in [0.1, 0.15) is 27.8 Å². The number of ether oxygens (including phenoxy) is 2. The molecule has 3 aromatic rings. The van der Waals surface area contributed by atoms with Crippen molar-refractivity contribution in [3.63, 3.8) is 0 Å². The van der Waals surface area contributed by atoms with E-state index in [-0.39, 0.29) is 5.57 Å². The van der Waals surface area contributed by atoms with Crippen molar-refractivity contribution in [2.45, 2.75) is 27.4 Å². The van der Waals surface area contributed by atoms with E-state index in [2.05, 4.69) is 60.0 Å². The topological polar surface area (TPSA) is 71.3 Å². The van der Waals surface area contributed by atoms with Gasteiger partial charge in [0.1, 0.15) is 18.2 Å². The molecule has 0 atom stereocenters. The Morgan fingerprint density at radius 3 is 2.30 bits per heavy atom. The number of benzene rings is 3. The van der Waals surface area contributed by atoms with E-state index >= 15 is 0 Å². The van der Waals surface area contributed by atoms with Crippen LogP contribution in [-0.4, -0.2) is 13.0 Å². The zero-order valence-corrected chi connectivity index (χ0v) is 21.2. The molecular formula is C27H25IN2O3. The van der Waals surface area contributed by atoms with Crippen LogP contribution in [0.15, 0.2) is 60.2 Å². The fourth-order valence-electron chi connectivity index (χ4n) is 3.42. The first-order valence-electron chi connectivity index (χ1n) is 10.4. The highest BCUT2D eigenvalue weighted by Crippen LogP contribution is 2.35. The normalized spacial score (nSPS) is 11.0. The van der Waals surface area contributed by atoms with E-state index < -0.39 is 5.91 Å². The number of halogens is 1. The van der Waals surface area contributed by atoms with Gasteiger partial charge in [0.2, 0.25) is 0 Å². The van der Waals surface area contributed by atoms with Crippen LogP contribution in [0.2, 0.25) is 0 Å². The molecule has 168 valence electrons. The second kappa shape index (κ2) is 11.0. The lowest BCUT2D eigenvalue weighted by Gasteiger charge is -2.14. The molecule has 0 fully saturated rings. The van der Waals surface area contributed by atoms with E-state index in [0.29, 0.717) is 29.4 Å². The average molecular weight is 552 g/mol. The van der Waals surface area contributed by atoms with Crippen LogP contribution in [0.4, 0.5) is 5.69 Å². The SMILES string of the molecule is COc1cc(/C=C(\C#N)C(=O)Nc2ccc(C)cc2)cc(I)c1OCc1cc(C)cc(C)c1. The lowest BCUT2D eigenvalue weighted by atomic mass is 10.1. The van der Waals surface area contributed by atoms with Gasteiger partial charge in [-0.25, -0.2) is 0 Å². The highest BCUT2D eigenvalue weighted by molar-refractivity contribution is 14.1. The summed E-state index contributed by atoms with van der Waals surface area (Å²) in [4.78, 5) is 12.6. The van der Waals surface area contributed by atoms with Gasteiger partial charge in [0.15, 0.2) is 11.5 Å². The van der Waals surface area contributed by atoms with Crippen molar-refractivity contribution in [2.75, 3.05) is 12.4 Å². The van der Waals surface area contributed by atoms with Crippen LogP contribution in [0.25, 0.3) is 6.08 Å². The number of hydrogen-bond donors (Lipinski definition) is 1. The van der Waals surface area contributed by atoms with Gasteiger partial charge in [-0.05, 0) is 84.8 Å². The van der Waals surface area contributed by atoms with Crippen molar-refractivity contribution in [1.29, 1.82) is 5.26 Å². The fourth-order valence-corrected chi connectivity index (χ4v) is 4.20. The molecular weight excluding hydrogens is 527 g/mol. The van der Waals surface area contributed by atoms with Gasteiger partial charge in [0.25, 0.3) is 5.91 Å². The van der Waals surface area contributed by atoms with Crippen LogP contribution in [0, 0.1) is 35.7 Å². The molecule has 0 aliphatic heterocycles. The number of anilines is 1. The number of aryl methyl sites for hydroxylation is 3. The van der Waals surface area contributed by atoms with Crippen molar-refractivity contribution in [3.05, 3.63) is 91.6 Å². The molecule has 33 heavy (non-hydrogen) atoms. The molecule has 6 heteroatoms. The predicted octanol–water partition coefficient (Wildman–Crippen LogP) is 6.35. The molecule has 0 aromatic heterocycles. The van der Waals surface area contributed by atoms with E-state index in [1.165, 1.54) is 11.1 Å². The number of amides is 1. The maximum atomic E-state index is 12.6. The van der Waals surface area contributed by atoms with Gasteiger partial charge < -0.3 is 14.8 Å². The van der Waals surface area contributed by atoms with E-state index in [0.717, 1.165) is 14.7 Å². The van der Waals surface area contributed by atoms with E-state index in [4.69, 9.17) is 9.47 Å². The largest absolute Gasteiger partial charge is 0.493 e. The maximum absolute atomic E-state index is 12.6. The molecule has 5 nitrogen and oxygen atoms in total. The summed E-state index contributed by atoms with van der Waals surface area (Å²) < 4.78 is 12.4. The first-order chi connectivity index (χ1) is 15.8. The minimum Gasteiger partial charge on any atom is -0.493 e. The molecule has 0 aliphatic carbocycles. The Labute approximate surface area is 208 Å². The van der Waals surface area contributed by atoms with Crippen LogP contribution in [0.5, 0.6) is 11.5 Å². The van der Waals surface area contributed by atoms with Crippen LogP contribution < -0.4 is 14.8 Å². The molecule has 0 saturated carbocycles. The van der Waals surface area contributed by atoms with E-state index in [1.54, 1.807) is 31.4 Å². The summed E-state index contributed by atoms with van der Waals surface area (Å²) in [6.07, 6.45) is 1.54. The number of hydrogen-bond acceptors (Lipinski definition) is 4. The Bertz CT molecular complexity index is 1220. The van der Waals surface area contributed by atoms with E-state index in [9.17, 15) is 10.1 Å². The third-order valence-electron chi connectivity index (χ3n) is 4.90. The van der Waals surface area contributed by atoms with Gasteiger partial charge in [-0.2, -0.15) is 5.26 Å². The average Bonchev–Trinajstić information content (AvgIpc) is 2.77. The van der Waals surface area contributed by atoms with Gasteiger partial charge in [-0.3, -0.25) is 4.79 Å². The molecule has 1 N–H and O–H groups in total. The Balaban J connectivity index is 1.82. The smallest absolute Gasteiger partial charge is 0.266 e. The van der Waals surface area contributed by atoms with Crippen molar-refractivity contribution < 1.29 is 14.3 Å². The first kappa shape index (κ1) is 24.3. The molecule has 0 radical (unpaired) electrons. The van der Waals surface area contributed by atoms with Gasteiger partial charge >= 0.3 is 0 Å². The van der Waals surface area contributed by atoms with Crippen molar-refractivity contribution >= 4 is 40.3 Å². The fraction of sp³-hybridized carbons (Fsp3) is 0.185. The number of carbonyl (C=O) groups is 1. The van der Waals surface area contributed by atoms with E-state index in [1.807, 2.05) is 31.2 Å². The third-order valence-corrected chi connectivity index (χ3v) is 5.70. The number of rotatable bonds is 7. The van der Waals surface area contributed by atoms with Gasteiger partial charge in [0, 0.05) is 5.69 Å². The molecule has 0 spiro atoms. The number of nitriles is 1. The first-order valence-corrected chi connectivity index (χ1v) is 11.4.